The van der Waals surface area contributed by atoms with Gasteiger partial charge in [0.1, 0.15) is 5.82 Å². The molecule has 30 heavy (non-hydrogen) atoms. The second-order valence-electron chi connectivity index (χ2n) is 8.25. The Balaban J connectivity index is 0.000000393. The van der Waals surface area contributed by atoms with E-state index in [1.165, 1.54) is 17.2 Å². The third-order valence-electron chi connectivity index (χ3n) is 6.20. The van der Waals surface area contributed by atoms with E-state index in [1.54, 1.807) is 6.07 Å². The van der Waals surface area contributed by atoms with Crippen LogP contribution in [0.3, 0.4) is 0 Å². The minimum atomic E-state index is -3.67. The van der Waals surface area contributed by atoms with Gasteiger partial charge in [-0.2, -0.15) is 8.42 Å². The third-order valence-corrected chi connectivity index (χ3v) is 6.20. The summed E-state index contributed by atoms with van der Waals surface area (Å²) in [6.07, 6.45) is 3.82. The lowest BCUT2D eigenvalue weighted by Gasteiger charge is -2.32. The molecule has 0 spiro atoms. The van der Waals surface area contributed by atoms with E-state index >= 15 is 0 Å². The van der Waals surface area contributed by atoms with E-state index in [9.17, 15) is 12.8 Å². The van der Waals surface area contributed by atoms with E-state index in [4.69, 9.17) is 14.0 Å². The van der Waals surface area contributed by atoms with Crippen molar-refractivity contribution in [3.8, 4) is 11.5 Å². The summed E-state index contributed by atoms with van der Waals surface area (Å²) in [4.78, 5) is 2.46. The van der Waals surface area contributed by atoms with Gasteiger partial charge in [0.25, 0.3) is 10.1 Å². The van der Waals surface area contributed by atoms with Crippen molar-refractivity contribution >= 4 is 10.1 Å². The molecule has 2 aromatic carbocycles. The molecule has 0 aromatic heterocycles. The zero-order valence-corrected chi connectivity index (χ0v) is 17.9. The van der Waals surface area contributed by atoms with E-state index in [0.29, 0.717) is 30.9 Å². The zero-order valence-electron chi connectivity index (χ0n) is 17.0. The molecule has 1 saturated heterocycles. The molecule has 0 bridgehead atoms. The second kappa shape index (κ2) is 8.17. The number of likely N-dealkylation sites (tertiary alicyclic amines) is 1. The zero-order chi connectivity index (χ0) is 21.5. The van der Waals surface area contributed by atoms with Crippen molar-refractivity contribution in [2.24, 2.45) is 5.92 Å². The largest absolute Gasteiger partial charge is 0.454 e. The van der Waals surface area contributed by atoms with Crippen molar-refractivity contribution in [2.75, 3.05) is 26.6 Å². The molecule has 0 amide bonds. The standard InChI is InChI=1S/C21H22FNO2.CH4O3S/c1-23-11-18-15-7-8-20-21(25-12-24-20)17(15)6-5-16(18)19(23)10-13-3-2-4-14(22)9-13;1-5(2,3)4/h2-4,7-9,16,18-19H,5-6,10-12H2,1H3;1H3,(H,2,3,4)/t16?,18-,19+;/m0./s1. The van der Waals surface area contributed by atoms with Gasteiger partial charge in [-0.3, -0.25) is 4.55 Å². The molecule has 162 valence electrons. The van der Waals surface area contributed by atoms with E-state index in [2.05, 4.69) is 24.1 Å². The summed E-state index contributed by atoms with van der Waals surface area (Å²) in [5, 5.41) is 0. The maximum Gasteiger partial charge on any atom is 0.261 e. The Bertz CT molecular complexity index is 1030. The number of halogens is 1. The van der Waals surface area contributed by atoms with Crippen LogP contribution in [-0.2, 0) is 23.0 Å². The van der Waals surface area contributed by atoms with Gasteiger partial charge in [-0.15, -0.1) is 0 Å². The van der Waals surface area contributed by atoms with Crippen molar-refractivity contribution < 1.29 is 26.8 Å². The molecule has 0 radical (unpaired) electrons. The number of rotatable bonds is 2. The van der Waals surface area contributed by atoms with Crippen molar-refractivity contribution in [3.63, 3.8) is 0 Å². The van der Waals surface area contributed by atoms with Crippen LogP contribution in [0.15, 0.2) is 36.4 Å². The molecule has 6 nitrogen and oxygen atoms in total. The summed E-state index contributed by atoms with van der Waals surface area (Å²) in [7, 11) is -1.46. The molecule has 2 aliphatic heterocycles. The summed E-state index contributed by atoms with van der Waals surface area (Å²) >= 11 is 0. The first kappa shape index (κ1) is 21.1. The van der Waals surface area contributed by atoms with E-state index in [-0.39, 0.29) is 5.82 Å². The van der Waals surface area contributed by atoms with Crippen LogP contribution < -0.4 is 9.47 Å². The highest BCUT2D eigenvalue weighted by Gasteiger charge is 2.44. The van der Waals surface area contributed by atoms with Crippen LogP contribution in [0.1, 0.15) is 29.0 Å². The van der Waals surface area contributed by atoms with Gasteiger partial charge in [-0.25, -0.2) is 4.39 Å². The average molecular weight is 436 g/mol. The smallest absolute Gasteiger partial charge is 0.261 e. The number of hydrogen-bond donors (Lipinski definition) is 1. The maximum atomic E-state index is 13.6. The normalized spacial score (nSPS) is 24.6. The highest BCUT2D eigenvalue weighted by Crippen LogP contribution is 2.50. The van der Waals surface area contributed by atoms with Gasteiger partial charge in [-0.05, 0) is 61.6 Å². The number of nitrogens with zero attached hydrogens (tertiary/aromatic N) is 1. The fraction of sp³-hybridized carbons (Fsp3) is 0.455. The van der Waals surface area contributed by atoms with Crippen molar-refractivity contribution in [3.05, 3.63) is 58.9 Å². The summed E-state index contributed by atoms with van der Waals surface area (Å²) in [5.74, 6) is 2.85. The van der Waals surface area contributed by atoms with Gasteiger partial charge in [-0.1, -0.05) is 18.2 Å². The molecule has 2 aromatic rings. The quantitative estimate of drug-likeness (QED) is 0.730. The molecular weight excluding hydrogens is 409 g/mol. The number of benzene rings is 2. The van der Waals surface area contributed by atoms with Gasteiger partial charge in [0, 0.05) is 24.1 Å². The summed E-state index contributed by atoms with van der Waals surface area (Å²) in [5.41, 5.74) is 3.86. The summed E-state index contributed by atoms with van der Waals surface area (Å²) in [6, 6.07) is 11.8. The highest BCUT2D eigenvalue weighted by molar-refractivity contribution is 7.85. The third kappa shape index (κ3) is 4.45. The molecule has 5 rings (SSSR count). The minimum absolute atomic E-state index is 0.142. The number of ether oxygens (including phenoxy) is 2. The Hall–Kier alpha value is -2.16. The minimum Gasteiger partial charge on any atom is -0.454 e. The molecule has 1 unspecified atom stereocenters. The van der Waals surface area contributed by atoms with Crippen LogP contribution in [0.25, 0.3) is 0 Å². The van der Waals surface area contributed by atoms with Gasteiger partial charge >= 0.3 is 0 Å². The van der Waals surface area contributed by atoms with Gasteiger partial charge in [0.15, 0.2) is 11.5 Å². The molecule has 1 aliphatic carbocycles. The first-order valence-electron chi connectivity index (χ1n) is 9.99. The first-order valence-corrected chi connectivity index (χ1v) is 11.8. The molecule has 1 N–H and O–H groups in total. The molecule has 3 atom stereocenters. The molecule has 8 heteroatoms. The Labute approximate surface area is 176 Å². The maximum absolute atomic E-state index is 13.6. The molecule has 3 aliphatic rings. The SMILES string of the molecule is CN1C[C@H]2c3ccc4c(c3CCC2[C@H]1Cc1cccc(F)c1)OCO4.CS(=O)(=O)O. The van der Waals surface area contributed by atoms with Gasteiger partial charge in [0.05, 0.1) is 6.26 Å². The van der Waals surface area contributed by atoms with Crippen LogP contribution in [0.5, 0.6) is 11.5 Å². The topological polar surface area (TPSA) is 76.1 Å². The van der Waals surface area contributed by atoms with Crippen molar-refractivity contribution in [2.45, 2.75) is 31.2 Å². The predicted molar refractivity (Wildman–Crippen MR) is 111 cm³/mol. The van der Waals surface area contributed by atoms with Gasteiger partial charge in [0.2, 0.25) is 6.79 Å². The van der Waals surface area contributed by atoms with Crippen LogP contribution >= 0.6 is 0 Å². The lowest BCUT2D eigenvalue weighted by atomic mass is 9.73. The monoisotopic (exact) mass is 435 g/mol. The summed E-state index contributed by atoms with van der Waals surface area (Å²) in [6.45, 7) is 1.39. The van der Waals surface area contributed by atoms with Crippen molar-refractivity contribution in [1.29, 1.82) is 0 Å². The Kier molecular flexibility index (Phi) is 5.74. The number of likely N-dealkylation sites (N-methyl/N-ethyl adjacent to an activating group) is 1. The van der Waals surface area contributed by atoms with Crippen LogP contribution in [-0.4, -0.2) is 50.6 Å². The first-order chi connectivity index (χ1) is 14.2. The summed E-state index contributed by atoms with van der Waals surface area (Å²) < 4.78 is 50.7. The highest BCUT2D eigenvalue weighted by atomic mass is 32.2. The lowest BCUT2D eigenvalue weighted by molar-refractivity contribution is 0.172. The van der Waals surface area contributed by atoms with E-state index in [1.807, 2.05) is 12.1 Å². The number of fused-ring (bicyclic) bond motifs is 5. The van der Waals surface area contributed by atoms with E-state index in [0.717, 1.165) is 42.9 Å². The van der Waals surface area contributed by atoms with Crippen molar-refractivity contribution in [1.82, 2.24) is 4.90 Å². The average Bonchev–Trinajstić information content (AvgIpc) is 3.25. The Morgan fingerprint density at radius 2 is 2.00 bits per heavy atom. The molecule has 1 fully saturated rings. The fourth-order valence-electron chi connectivity index (χ4n) is 5.07. The van der Waals surface area contributed by atoms with Crippen LogP contribution in [0, 0.1) is 11.7 Å². The molecule has 0 saturated carbocycles. The Morgan fingerprint density at radius 3 is 2.73 bits per heavy atom. The Morgan fingerprint density at radius 1 is 1.23 bits per heavy atom. The molecule has 2 heterocycles. The van der Waals surface area contributed by atoms with Crippen LogP contribution in [0.2, 0.25) is 0 Å². The molecular formula is C22H26FNO5S. The van der Waals surface area contributed by atoms with E-state index < -0.39 is 10.1 Å². The van der Waals surface area contributed by atoms with Crippen LogP contribution in [0.4, 0.5) is 4.39 Å². The number of hydrogen-bond acceptors (Lipinski definition) is 5. The second-order valence-corrected chi connectivity index (χ2v) is 9.72. The predicted octanol–water partition coefficient (Wildman–Crippen LogP) is 3.26. The lowest BCUT2D eigenvalue weighted by Crippen LogP contribution is -2.32. The van der Waals surface area contributed by atoms with Gasteiger partial charge < -0.3 is 14.4 Å². The fourth-order valence-corrected chi connectivity index (χ4v) is 5.07.